The van der Waals surface area contributed by atoms with Gasteiger partial charge < -0.3 is 10.2 Å². The van der Waals surface area contributed by atoms with Gasteiger partial charge in [0, 0.05) is 64.0 Å². The molecule has 1 aliphatic carbocycles. The van der Waals surface area contributed by atoms with Gasteiger partial charge >= 0.3 is 6.18 Å². The fraction of sp³-hybridized carbons (Fsp3) is 0.640. The summed E-state index contributed by atoms with van der Waals surface area (Å²) >= 11 is 0. The van der Waals surface area contributed by atoms with Crippen molar-refractivity contribution in [2.75, 3.05) is 44.2 Å². The third-order valence-corrected chi connectivity index (χ3v) is 8.02. The first-order valence-electron chi connectivity index (χ1n) is 12.5. The number of piperazine rings is 1. The van der Waals surface area contributed by atoms with Crippen LogP contribution in [0.4, 0.5) is 19.0 Å². The van der Waals surface area contributed by atoms with Gasteiger partial charge in [-0.2, -0.15) is 23.5 Å². The molecule has 2 saturated heterocycles. The maximum Gasteiger partial charge on any atom is 0.434 e. The Labute approximate surface area is 203 Å². The highest BCUT2D eigenvalue weighted by atomic mass is 19.4. The second kappa shape index (κ2) is 9.43. The summed E-state index contributed by atoms with van der Waals surface area (Å²) in [5.41, 5.74) is 1.52. The number of rotatable bonds is 4. The van der Waals surface area contributed by atoms with E-state index in [0.717, 1.165) is 57.4 Å². The van der Waals surface area contributed by atoms with E-state index in [1.54, 1.807) is 6.07 Å². The van der Waals surface area contributed by atoms with Gasteiger partial charge in [0.2, 0.25) is 0 Å². The predicted molar refractivity (Wildman–Crippen MR) is 126 cm³/mol. The summed E-state index contributed by atoms with van der Waals surface area (Å²) < 4.78 is 43.9. The van der Waals surface area contributed by atoms with Crippen molar-refractivity contribution in [2.45, 2.75) is 56.7 Å². The predicted octanol–water partition coefficient (Wildman–Crippen LogP) is 3.55. The number of pyridine rings is 1. The van der Waals surface area contributed by atoms with Crippen molar-refractivity contribution in [1.82, 2.24) is 25.0 Å². The fourth-order valence-corrected chi connectivity index (χ4v) is 6.07. The van der Waals surface area contributed by atoms with Crippen LogP contribution in [0.15, 0.2) is 12.3 Å². The second-order valence-electron chi connectivity index (χ2n) is 10.1. The van der Waals surface area contributed by atoms with Crippen molar-refractivity contribution in [3.8, 4) is 6.07 Å². The van der Waals surface area contributed by atoms with Gasteiger partial charge in [0.15, 0.2) is 5.69 Å². The van der Waals surface area contributed by atoms with Crippen LogP contribution < -0.4 is 10.2 Å². The molecular formula is C25H32F3N7. The zero-order chi connectivity index (χ0) is 24.7. The molecule has 2 aromatic rings. The van der Waals surface area contributed by atoms with Crippen molar-refractivity contribution in [3.05, 3.63) is 40.3 Å². The molecule has 0 bridgehead atoms. The molecule has 0 radical (unpaired) electrons. The van der Waals surface area contributed by atoms with Crippen LogP contribution in [0, 0.1) is 18.3 Å². The molecule has 0 atom stereocenters. The largest absolute Gasteiger partial charge is 0.434 e. The van der Waals surface area contributed by atoms with Gasteiger partial charge in [-0.3, -0.25) is 9.58 Å². The molecule has 10 heteroatoms. The summed E-state index contributed by atoms with van der Waals surface area (Å²) in [5.74, 6) is 0.629. The molecule has 3 fully saturated rings. The topological polar surface area (TPSA) is 73.0 Å². The van der Waals surface area contributed by atoms with E-state index in [2.05, 4.69) is 20.3 Å². The van der Waals surface area contributed by atoms with Gasteiger partial charge in [-0.1, -0.05) is 0 Å². The van der Waals surface area contributed by atoms with Gasteiger partial charge in [-0.05, 0) is 55.7 Å². The minimum atomic E-state index is -4.67. The van der Waals surface area contributed by atoms with Crippen molar-refractivity contribution in [1.29, 1.82) is 5.26 Å². The Morgan fingerprint density at radius 1 is 1.09 bits per heavy atom. The highest BCUT2D eigenvalue weighted by Gasteiger charge is 2.42. The quantitative estimate of drug-likeness (QED) is 0.711. The van der Waals surface area contributed by atoms with Crippen molar-refractivity contribution in [3.63, 3.8) is 0 Å². The van der Waals surface area contributed by atoms with Crippen LogP contribution in [0.5, 0.6) is 0 Å². The lowest BCUT2D eigenvalue weighted by atomic mass is 9.73. The summed E-state index contributed by atoms with van der Waals surface area (Å²) in [7, 11) is 1.94. The van der Waals surface area contributed by atoms with E-state index in [9.17, 15) is 18.4 Å². The monoisotopic (exact) mass is 487 g/mol. The SMILES string of the molecule is Cc1cnn(C)c1C1CCN(c2cc(C3CC(N4CCNCC4)C3)c(C#N)c(C(F)(F)F)n2)CC1. The molecule has 0 aromatic carbocycles. The molecule has 0 unspecified atom stereocenters. The Morgan fingerprint density at radius 3 is 2.34 bits per heavy atom. The average molecular weight is 488 g/mol. The summed E-state index contributed by atoms with van der Waals surface area (Å²) in [6.45, 7) is 7.10. The zero-order valence-electron chi connectivity index (χ0n) is 20.3. The van der Waals surface area contributed by atoms with E-state index in [0.29, 0.717) is 36.4 Å². The number of nitrogens with zero attached hydrogens (tertiary/aromatic N) is 6. The maximum absolute atomic E-state index is 14.0. The van der Waals surface area contributed by atoms with Crippen molar-refractivity contribution >= 4 is 5.82 Å². The number of alkyl halides is 3. The second-order valence-corrected chi connectivity index (χ2v) is 10.1. The molecule has 7 nitrogen and oxygen atoms in total. The first-order chi connectivity index (χ1) is 16.8. The van der Waals surface area contributed by atoms with Crippen LogP contribution in [0.2, 0.25) is 0 Å². The first kappa shape index (κ1) is 24.1. The van der Waals surface area contributed by atoms with Crippen LogP contribution in [0.3, 0.4) is 0 Å². The summed E-state index contributed by atoms with van der Waals surface area (Å²) in [6.07, 6.45) is 0.425. The van der Waals surface area contributed by atoms with E-state index >= 15 is 0 Å². The van der Waals surface area contributed by atoms with E-state index in [-0.39, 0.29) is 11.5 Å². The molecule has 1 saturated carbocycles. The number of hydrogen-bond acceptors (Lipinski definition) is 6. The maximum atomic E-state index is 14.0. The van der Waals surface area contributed by atoms with E-state index < -0.39 is 11.9 Å². The van der Waals surface area contributed by atoms with Crippen LogP contribution >= 0.6 is 0 Å². The van der Waals surface area contributed by atoms with Gasteiger partial charge in [-0.25, -0.2) is 4.98 Å². The summed E-state index contributed by atoms with van der Waals surface area (Å²) in [4.78, 5) is 8.38. The number of halogens is 3. The van der Waals surface area contributed by atoms with Gasteiger partial charge in [0.1, 0.15) is 11.9 Å². The number of piperidine rings is 1. The smallest absolute Gasteiger partial charge is 0.357 e. The van der Waals surface area contributed by atoms with Crippen LogP contribution in [-0.2, 0) is 13.2 Å². The third kappa shape index (κ3) is 4.64. The van der Waals surface area contributed by atoms with Crippen molar-refractivity contribution < 1.29 is 13.2 Å². The fourth-order valence-electron chi connectivity index (χ4n) is 6.07. The average Bonchev–Trinajstić information content (AvgIpc) is 3.15. The Kier molecular flexibility index (Phi) is 6.49. The van der Waals surface area contributed by atoms with E-state index in [4.69, 9.17) is 0 Å². The number of hydrogen-bond donors (Lipinski definition) is 1. The van der Waals surface area contributed by atoms with Crippen molar-refractivity contribution in [2.24, 2.45) is 7.05 Å². The molecule has 4 heterocycles. The third-order valence-electron chi connectivity index (χ3n) is 8.02. The molecule has 5 rings (SSSR count). The summed E-state index contributed by atoms with van der Waals surface area (Å²) in [5, 5.41) is 17.4. The number of anilines is 1. The highest BCUT2D eigenvalue weighted by Crippen LogP contribution is 2.45. The number of nitrogens with one attached hydrogen (secondary N) is 1. The van der Waals surface area contributed by atoms with Gasteiger partial charge in [-0.15, -0.1) is 0 Å². The van der Waals surface area contributed by atoms with E-state index in [1.165, 1.54) is 5.69 Å². The first-order valence-corrected chi connectivity index (χ1v) is 12.5. The van der Waals surface area contributed by atoms with Crippen LogP contribution in [0.25, 0.3) is 0 Å². The minimum absolute atomic E-state index is 0.0398. The zero-order valence-corrected chi connectivity index (χ0v) is 20.3. The molecular weight excluding hydrogens is 455 g/mol. The minimum Gasteiger partial charge on any atom is -0.357 e. The number of aromatic nitrogens is 3. The highest BCUT2D eigenvalue weighted by molar-refractivity contribution is 5.54. The lowest BCUT2D eigenvalue weighted by molar-refractivity contribution is -0.141. The Morgan fingerprint density at radius 2 is 1.77 bits per heavy atom. The standard InChI is InChI=1S/C25H32F3N7/c1-16-15-31-33(2)23(16)17-3-7-35(8-4-17)22-13-20(21(14-29)24(32-22)25(26,27)28)18-11-19(12-18)34-9-5-30-6-10-34/h13,15,17-19,30H,3-12H2,1-2H3. The van der Waals surface area contributed by atoms with Gasteiger partial charge in [0.25, 0.3) is 0 Å². The number of nitriles is 1. The molecule has 188 valence electrons. The molecule has 35 heavy (non-hydrogen) atoms. The number of aryl methyl sites for hydroxylation is 2. The normalized spacial score (nSPS) is 24.3. The molecule has 3 aliphatic rings. The Balaban J connectivity index is 1.38. The Bertz CT molecular complexity index is 1080. The van der Waals surface area contributed by atoms with Gasteiger partial charge in [0.05, 0.1) is 11.8 Å². The summed E-state index contributed by atoms with van der Waals surface area (Å²) in [6, 6.07) is 3.99. The molecule has 0 spiro atoms. The Hall–Kier alpha value is -2.64. The molecule has 1 N–H and O–H groups in total. The molecule has 0 amide bonds. The molecule has 2 aromatic heterocycles. The molecule has 2 aliphatic heterocycles. The lowest BCUT2D eigenvalue weighted by Crippen LogP contribution is -2.52. The lowest BCUT2D eigenvalue weighted by Gasteiger charge is -2.45. The van der Waals surface area contributed by atoms with Crippen LogP contribution in [0.1, 0.15) is 65.6 Å². The van der Waals surface area contributed by atoms with E-state index in [1.807, 2.05) is 35.8 Å². The van der Waals surface area contributed by atoms with Crippen LogP contribution in [-0.4, -0.2) is 65.0 Å².